The van der Waals surface area contributed by atoms with Crippen LogP contribution in [0.4, 0.5) is 4.79 Å². The average molecular weight is 270 g/mol. The van der Waals surface area contributed by atoms with Gasteiger partial charge in [0.15, 0.2) is 0 Å². The first-order chi connectivity index (χ1) is 3.73. The van der Waals surface area contributed by atoms with E-state index >= 15 is 0 Å². The predicted octanol–water partition coefficient (Wildman–Crippen LogP) is -20.3. The number of carboxylic acid groups (broad SMARTS) is 2. The molecule has 0 aliphatic rings. The third-order valence-corrected chi connectivity index (χ3v) is 0. The van der Waals surface area contributed by atoms with Crippen LogP contribution in [-0.2, 0) is 4.57 Å². The molecule has 0 spiro atoms. The molecule has 0 amide bonds. The molecule has 14 heavy (non-hydrogen) atoms. The number of rotatable bonds is 0. The fourth-order valence-electron chi connectivity index (χ4n) is 0. The number of carbonyl (C=O) groups is 1. The zero-order valence-electron chi connectivity index (χ0n) is 8.80. The van der Waals surface area contributed by atoms with Gasteiger partial charge in [0, 0.05) is 0 Å². The van der Waals surface area contributed by atoms with E-state index in [9.17, 15) is 0 Å². The summed E-state index contributed by atoms with van der Waals surface area (Å²) in [6.45, 7) is 0. The minimum absolute atomic E-state index is 0. The molecule has 0 saturated carbocycles. The Kier molecular flexibility index (Phi) is 79.8. The van der Waals surface area contributed by atoms with Gasteiger partial charge in [0.1, 0.15) is 0 Å². The quantitative estimate of drug-likeness (QED) is 0.313. The molecule has 0 N–H and O–H groups in total. The Labute approximate surface area is 191 Å². The van der Waals surface area contributed by atoms with Gasteiger partial charge in [-0.3, -0.25) is 0 Å². The van der Waals surface area contributed by atoms with E-state index < -0.39 is 14.0 Å². The standard InChI is InChI=1S/CH2O3.5Na.H3O4P/c2-1(3)4;;;;;;1-5(2,3)4/h(H2,2,3,4);;;;;;(H3,1,2,3,4)/q;5*+1;/p-5. The number of hydrogen-bond acceptors (Lipinski definition) is 7. The third-order valence-electron chi connectivity index (χ3n) is 0. The molecule has 0 saturated heterocycles. The Morgan fingerprint density at radius 2 is 0.786 bits per heavy atom. The van der Waals surface area contributed by atoms with Crippen molar-refractivity contribution in [2.75, 3.05) is 0 Å². The Hall–Kier alpha value is 4.38. The van der Waals surface area contributed by atoms with Crippen LogP contribution in [0.5, 0.6) is 0 Å². The monoisotopic (exact) mass is 270 g/mol. The second kappa shape index (κ2) is 26.0. The van der Waals surface area contributed by atoms with E-state index in [-0.39, 0.29) is 148 Å². The van der Waals surface area contributed by atoms with E-state index in [1.165, 1.54) is 0 Å². The third kappa shape index (κ3) is 202. The van der Waals surface area contributed by atoms with Gasteiger partial charge in [-0.15, -0.1) is 0 Å². The van der Waals surface area contributed by atoms with Crippen molar-refractivity contribution in [2.45, 2.75) is 0 Å². The topological polar surface area (TPSA) is 149 Å². The number of phosphoric acid groups is 1. The van der Waals surface area contributed by atoms with Crippen molar-refractivity contribution in [3.63, 3.8) is 0 Å². The van der Waals surface area contributed by atoms with Gasteiger partial charge >= 0.3 is 148 Å². The second-order valence-corrected chi connectivity index (χ2v) is 1.59. The van der Waals surface area contributed by atoms with E-state index in [1.807, 2.05) is 0 Å². The number of hydrogen-bond donors (Lipinski definition) is 0. The van der Waals surface area contributed by atoms with Crippen LogP contribution >= 0.6 is 7.82 Å². The smallest absolute Gasteiger partial charge is 0.822 e. The minimum Gasteiger partial charge on any atom is -0.822 e. The summed E-state index contributed by atoms with van der Waals surface area (Å²) in [5, 5.41) is 16.7. The molecule has 0 aromatic heterocycles. The number of carbonyl (C=O) groups excluding carboxylic acids is 1. The van der Waals surface area contributed by atoms with Crippen molar-refractivity contribution in [2.24, 2.45) is 0 Å². The molecule has 7 nitrogen and oxygen atoms in total. The van der Waals surface area contributed by atoms with Crippen LogP contribution in [0.1, 0.15) is 0 Å². The summed E-state index contributed by atoms with van der Waals surface area (Å²) in [6, 6.07) is 0. The molecule has 0 atom stereocenters. The van der Waals surface area contributed by atoms with Crippen molar-refractivity contribution in [3.8, 4) is 0 Å². The maximum atomic E-state index is 8.55. The van der Waals surface area contributed by atoms with E-state index in [4.69, 9.17) is 34.3 Å². The van der Waals surface area contributed by atoms with Crippen molar-refractivity contribution < 1.29 is 182 Å². The van der Waals surface area contributed by atoms with E-state index in [0.717, 1.165) is 0 Å². The first kappa shape index (κ1) is 42.9. The average Bonchev–Trinajstić information content (AvgIpc) is 1.19. The Balaban J connectivity index is -0.0000000104. The van der Waals surface area contributed by atoms with Crippen LogP contribution in [0.3, 0.4) is 0 Å². The van der Waals surface area contributed by atoms with Crippen molar-refractivity contribution >= 4 is 14.0 Å². The van der Waals surface area contributed by atoms with Crippen molar-refractivity contribution in [1.82, 2.24) is 0 Å². The molecule has 0 bridgehead atoms. The minimum atomic E-state index is -5.39. The zero-order valence-corrected chi connectivity index (χ0v) is 19.7. The summed E-state index contributed by atoms with van der Waals surface area (Å²) in [4.78, 5) is 34.0. The van der Waals surface area contributed by atoms with Gasteiger partial charge in [0.25, 0.3) is 0 Å². The molecule has 0 rings (SSSR count). The molecule has 56 valence electrons. The van der Waals surface area contributed by atoms with Gasteiger partial charge in [-0.05, 0) is 6.16 Å². The van der Waals surface area contributed by atoms with Crippen LogP contribution in [-0.4, -0.2) is 6.16 Å². The zero-order chi connectivity index (χ0) is 8.08. The molecule has 13 heteroatoms. The van der Waals surface area contributed by atoms with Crippen molar-refractivity contribution in [3.05, 3.63) is 0 Å². The molecule has 0 aliphatic heterocycles. The summed E-state index contributed by atoms with van der Waals surface area (Å²) in [5.74, 6) is 0. The summed E-state index contributed by atoms with van der Waals surface area (Å²) < 4.78 is 8.55. The molecule has 0 aliphatic carbocycles. The van der Waals surface area contributed by atoms with Crippen LogP contribution in [0.2, 0.25) is 0 Å². The van der Waals surface area contributed by atoms with Gasteiger partial charge < -0.3 is 34.3 Å². The fraction of sp³-hybridized carbons (Fsp3) is 0. The first-order valence-electron chi connectivity index (χ1n) is 1.34. The largest absolute Gasteiger partial charge is 1.00 e. The van der Waals surface area contributed by atoms with Crippen LogP contribution in [0.25, 0.3) is 0 Å². The van der Waals surface area contributed by atoms with E-state index in [1.54, 1.807) is 0 Å². The first-order valence-corrected chi connectivity index (χ1v) is 2.80. The Morgan fingerprint density at radius 1 is 0.786 bits per heavy atom. The van der Waals surface area contributed by atoms with E-state index in [0.29, 0.717) is 0 Å². The molecule has 0 radical (unpaired) electrons. The van der Waals surface area contributed by atoms with E-state index in [2.05, 4.69) is 0 Å². The molecule has 0 heterocycles. The Morgan fingerprint density at radius 3 is 0.786 bits per heavy atom. The summed E-state index contributed by atoms with van der Waals surface area (Å²) in [7, 11) is -5.39. The summed E-state index contributed by atoms with van der Waals surface area (Å²) in [5.41, 5.74) is 0. The maximum Gasteiger partial charge on any atom is 1.00 e. The molecule has 0 fully saturated rings. The predicted molar refractivity (Wildman–Crippen MR) is 13.0 cm³/mol. The normalized spacial score (nSPS) is 5.93. The maximum absolute atomic E-state index is 8.55. The van der Waals surface area contributed by atoms with Gasteiger partial charge in [-0.2, -0.15) is 7.82 Å². The van der Waals surface area contributed by atoms with Crippen LogP contribution in [0, 0.1) is 0 Å². The summed E-state index contributed by atoms with van der Waals surface area (Å²) in [6.07, 6.45) is -2.33. The molecule has 0 aromatic rings. The van der Waals surface area contributed by atoms with Crippen molar-refractivity contribution in [1.29, 1.82) is 0 Å². The molecular formula is CNa5O7P. The van der Waals surface area contributed by atoms with Gasteiger partial charge in [0.05, 0.1) is 0 Å². The second-order valence-electron chi connectivity index (χ2n) is 0.697. The van der Waals surface area contributed by atoms with Gasteiger partial charge in [-0.25, -0.2) is 0 Å². The summed E-state index contributed by atoms with van der Waals surface area (Å²) >= 11 is 0. The van der Waals surface area contributed by atoms with Gasteiger partial charge in [0.2, 0.25) is 0 Å². The van der Waals surface area contributed by atoms with Crippen LogP contribution < -0.4 is 173 Å². The molecule has 0 unspecified atom stereocenters. The molecular weight excluding hydrogens is 270 g/mol. The molecule has 0 aromatic carbocycles. The van der Waals surface area contributed by atoms with Crippen LogP contribution in [0.15, 0.2) is 0 Å². The SMILES string of the molecule is O=C([O-])[O-].O=P([O-])([O-])[O-].[Na+].[Na+].[Na+].[Na+].[Na+]. The fourth-order valence-corrected chi connectivity index (χ4v) is 0. The Bertz CT molecular complexity index is 122. The van der Waals surface area contributed by atoms with Gasteiger partial charge in [-0.1, -0.05) is 0 Å².